The van der Waals surface area contributed by atoms with Gasteiger partial charge in [0.25, 0.3) is 0 Å². The van der Waals surface area contributed by atoms with Gasteiger partial charge in [-0.2, -0.15) is 0 Å². The fraction of sp³-hybridized carbons (Fsp3) is 0.538. The second kappa shape index (κ2) is 6.55. The van der Waals surface area contributed by atoms with E-state index in [1.807, 2.05) is 31.3 Å². The Balaban J connectivity index is 2.49. The van der Waals surface area contributed by atoms with E-state index in [-0.39, 0.29) is 5.75 Å². The van der Waals surface area contributed by atoms with Gasteiger partial charge in [-0.15, -0.1) is 0 Å². The van der Waals surface area contributed by atoms with E-state index in [0.29, 0.717) is 12.6 Å². The summed E-state index contributed by atoms with van der Waals surface area (Å²) >= 11 is 5.83. The molecule has 0 saturated carbocycles. The van der Waals surface area contributed by atoms with Crippen LogP contribution < -0.4 is 0 Å². The zero-order valence-electron chi connectivity index (χ0n) is 11.1. The number of likely N-dealkylation sites (N-methyl/N-ethyl adjacent to an activating group) is 1. The van der Waals surface area contributed by atoms with Crippen LogP contribution in [0.1, 0.15) is 12.5 Å². The van der Waals surface area contributed by atoms with Crippen molar-refractivity contribution in [2.45, 2.75) is 19.4 Å². The molecule has 18 heavy (non-hydrogen) atoms. The molecule has 0 spiro atoms. The molecule has 0 aliphatic carbocycles. The lowest BCUT2D eigenvalue weighted by Crippen LogP contribution is -2.34. The van der Waals surface area contributed by atoms with Gasteiger partial charge in [-0.1, -0.05) is 23.7 Å². The minimum absolute atomic E-state index is 0.203. The molecule has 0 heterocycles. The summed E-state index contributed by atoms with van der Waals surface area (Å²) in [5.74, 6) is 0.203. The lowest BCUT2D eigenvalue weighted by atomic mass is 10.1. The third-order valence-corrected chi connectivity index (χ3v) is 4.19. The van der Waals surface area contributed by atoms with Crippen molar-refractivity contribution in [2.24, 2.45) is 0 Å². The summed E-state index contributed by atoms with van der Waals surface area (Å²) in [6.07, 6.45) is 2.15. The van der Waals surface area contributed by atoms with Crippen LogP contribution in [0.25, 0.3) is 0 Å². The highest BCUT2D eigenvalue weighted by atomic mass is 35.5. The molecule has 0 bridgehead atoms. The van der Waals surface area contributed by atoms with Gasteiger partial charge in [0.15, 0.2) is 0 Å². The Morgan fingerprint density at radius 3 is 2.33 bits per heavy atom. The summed E-state index contributed by atoms with van der Waals surface area (Å²) in [6.45, 7) is 2.66. The van der Waals surface area contributed by atoms with Crippen molar-refractivity contribution < 1.29 is 8.42 Å². The van der Waals surface area contributed by atoms with Gasteiger partial charge < -0.3 is 4.90 Å². The molecular weight excluding hydrogens is 270 g/mol. The third kappa shape index (κ3) is 5.85. The van der Waals surface area contributed by atoms with E-state index in [0.717, 1.165) is 11.4 Å². The minimum atomic E-state index is -2.89. The molecule has 0 aliphatic rings. The molecule has 1 aromatic rings. The van der Waals surface area contributed by atoms with E-state index < -0.39 is 9.84 Å². The van der Waals surface area contributed by atoms with E-state index in [1.165, 1.54) is 11.8 Å². The number of rotatable bonds is 6. The SMILES string of the molecule is CC(Cc1ccc(Cl)cc1)N(C)CCS(C)(=O)=O. The maximum absolute atomic E-state index is 11.1. The van der Waals surface area contributed by atoms with Crippen LogP contribution in [0.2, 0.25) is 5.02 Å². The molecule has 0 amide bonds. The Hall–Kier alpha value is -0.580. The molecule has 1 unspecified atom stereocenters. The number of sulfone groups is 1. The van der Waals surface area contributed by atoms with Gasteiger partial charge in [0.05, 0.1) is 5.75 Å². The van der Waals surface area contributed by atoms with E-state index >= 15 is 0 Å². The second-order valence-corrected chi connectivity index (χ2v) is 7.49. The normalized spacial score (nSPS) is 13.8. The molecule has 3 nitrogen and oxygen atoms in total. The highest BCUT2D eigenvalue weighted by molar-refractivity contribution is 7.90. The number of hydrogen-bond acceptors (Lipinski definition) is 3. The zero-order valence-corrected chi connectivity index (χ0v) is 12.6. The van der Waals surface area contributed by atoms with Gasteiger partial charge in [-0.25, -0.2) is 8.42 Å². The molecule has 1 aromatic carbocycles. The van der Waals surface area contributed by atoms with E-state index in [2.05, 4.69) is 11.8 Å². The van der Waals surface area contributed by atoms with Crippen molar-refractivity contribution in [3.05, 3.63) is 34.9 Å². The van der Waals surface area contributed by atoms with Gasteiger partial charge in [0.1, 0.15) is 9.84 Å². The summed E-state index contributed by atoms with van der Waals surface area (Å²) in [5, 5.41) is 0.733. The zero-order chi connectivity index (χ0) is 13.8. The molecule has 0 fully saturated rings. The highest BCUT2D eigenvalue weighted by Crippen LogP contribution is 2.12. The molecule has 0 aliphatic heterocycles. The van der Waals surface area contributed by atoms with E-state index in [1.54, 1.807) is 0 Å². The lowest BCUT2D eigenvalue weighted by Gasteiger charge is -2.24. The van der Waals surface area contributed by atoms with Gasteiger partial charge in [0, 0.05) is 23.9 Å². The third-order valence-electron chi connectivity index (χ3n) is 3.01. The standard InChI is InChI=1S/C13H20ClNO2S/c1-11(15(2)8-9-18(3,16)17)10-12-4-6-13(14)7-5-12/h4-7,11H,8-10H2,1-3H3. The average Bonchev–Trinajstić information content (AvgIpc) is 2.28. The van der Waals surface area contributed by atoms with Crippen molar-refractivity contribution in [3.8, 4) is 0 Å². The predicted octanol–water partition coefficient (Wildman–Crippen LogP) is 2.25. The maximum atomic E-state index is 11.1. The molecular formula is C13H20ClNO2S. The van der Waals surface area contributed by atoms with Crippen LogP contribution >= 0.6 is 11.6 Å². The fourth-order valence-corrected chi connectivity index (χ4v) is 2.39. The van der Waals surface area contributed by atoms with Crippen LogP contribution in [0.5, 0.6) is 0 Å². The van der Waals surface area contributed by atoms with Crippen molar-refractivity contribution >= 4 is 21.4 Å². The van der Waals surface area contributed by atoms with Crippen molar-refractivity contribution in [1.82, 2.24) is 4.90 Å². The van der Waals surface area contributed by atoms with Crippen LogP contribution in [0, 0.1) is 0 Å². The first-order valence-electron chi connectivity index (χ1n) is 5.90. The molecule has 0 N–H and O–H groups in total. The molecule has 1 rings (SSSR count). The Morgan fingerprint density at radius 1 is 1.28 bits per heavy atom. The summed E-state index contributed by atoms with van der Waals surface area (Å²) in [7, 11) is -0.940. The monoisotopic (exact) mass is 289 g/mol. The first kappa shape index (κ1) is 15.5. The fourth-order valence-electron chi connectivity index (χ4n) is 1.65. The molecule has 5 heteroatoms. The van der Waals surface area contributed by atoms with Gasteiger partial charge >= 0.3 is 0 Å². The van der Waals surface area contributed by atoms with Crippen LogP contribution in [-0.2, 0) is 16.3 Å². The summed E-state index contributed by atoms with van der Waals surface area (Å²) in [6, 6.07) is 8.06. The number of halogens is 1. The minimum Gasteiger partial charge on any atom is -0.302 e. The highest BCUT2D eigenvalue weighted by Gasteiger charge is 2.12. The molecule has 0 radical (unpaired) electrons. The summed E-state index contributed by atoms with van der Waals surface area (Å²) in [4.78, 5) is 2.07. The van der Waals surface area contributed by atoms with Crippen molar-refractivity contribution in [3.63, 3.8) is 0 Å². The summed E-state index contributed by atoms with van der Waals surface area (Å²) in [5.41, 5.74) is 1.21. The summed E-state index contributed by atoms with van der Waals surface area (Å²) < 4.78 is 22.2. The van der Waals surface area contributed by atoms with Crippen LogP contribution in [0.4, 0.5) is 0 Å². The first-order valence-corrected chi connectivity index (χ1v) is 8.34. The first-order chi connectivity index (χ1) is 8.28. The Labute approximate surface area is 115 Å². The number of hydrogen-bond donors (Lipinski definition) is 0. The van der Waals surface area contributed by atoms with Crippen LogP contribution in [0.15, 0.2) is 24.3 Å². The van der Waals surface area contributed by atoms with Crippen molar-refractivity contribution in [1.29, 1.82) is 0 Å². The average molecular weight is 290 g/mol. The Kier molecular flexibility index (Phi) is 5.63. The van der Waals surface area contributed by atoms with Crippen LogP contribution in [-0.4, -0.2) is 45.0 Å². The van der Waals surface area contributed by atoms with E-state index in [4.69, 9.17) is 11.6 Å². The number of benzene rings is 1. The quantitative estimate of drug-likeness (QED) is 0.806. The Morgan fingerprint density at radius 2 is 1.83 bits per heavy atom. The van der Waals surface area contributed by atoms with Crippen LogP contribution in [0.3, 0.4) is 0 Å². The molecule has 0 saturated heterocycles. The topological polar surface area (TPSA) is 37.4 Å². The maximum Gasteiger partial charge on any atom is 0.148 e. The van der Waals surface area contributed by atoms with Gasteiger partial charge in [-0.3, -0.25) is 0 Å². The predicted molar refractivity (Wildman–Crippen MR) is 77.0 cm³/mol. The van der Waals surface area contributed by atoms with Gasteiger partial charge in [0.2, 0.25) is 0 Å². The number of nitrogens with zero attached hydrogens (tertiary/aromatic N) is 1. The lowest BCUT2D eigenvalue weighted by molar-refractivity contribution is 0.270. The van der Waals surface area contributed by atoms with Gasteiger partial charge in [-0.05, 0) is 38.1 Å². The largest absolute Gasteiger partial charge is 0.302 e. The molecule has 102 valence electrons. The smallest absolute Gasteiger partial charge is 0.148 e. The molecule has 1 atom stereocenters. The van der Waals surface area contributed by atoms with E-state index in [9.17, 15) is 8.42 Å². The molecule has 0 aromatic heterocycles. The Bertz CT molecular complexity index is 470. The van der Waals surface area contributed by atoms with Crippen molar-refractivity contribution in [2.75, 3.05) is 25.6 Å². The second-order valence-electron chi connectivity index (χ2n) is 4.79.